The second kappa shape index (κ2) is 11.0. The summed E-state index contributed by atoms with van der Waals surface area (Å²) in [5, 5.41) is 4.36. The molecule has 4 nitrogen and oxygen atoms in total. The van der Waals surface area contributed by atoms with Crippen LogP contribution in [0.3, 0.4) is 0 Å². The molecule has 0 radical (unpaired) electrons. The molecule has 0 amide bonds. The van der Waals surface area contributed by atoms with Gasteiger partial charge in [0.1, 0.15) is 5.37 Å². The van der Waals surface area contributed by atoms with E-state index in [1.54, 1.807) is 11.8 Å². The topological polar surface area (TPSA) is 33.7 Å². The molecule has 0 fully saturated rings. The lowest BCUT2D eigenvalue weighted by Crippen LogP contribution is -2.09. The zero-order valence-electron chi connectivity index (χ0n) is 20.1. The van der Waals surface area contributed by atoms with Gasteiger partial charge in [0.2, 0.25) is 0 Å². The van der Waals surface area contributed by atoms with Gasteiger partial charge in [-0.15, -0.1) is 0 Å². The first kappa shape index (κ1) is 24.7. The summed E-state index contributed by atoms with van der Waals surface area (Å²) in [6.45, 7) is 0. The minimum Gasteiger partial charge on any atom is -0.368 e. The zero-order valence-corrected chi connectivity index (χ0v) is 23.2. The first-order valence-electron chi connectivity index (χ1n) is 12.0. The molecule has 38 heavy (non-hydrogen) atoms. The van der Waals surface area contributed by atoms with Crippen molar-refractivity contribution in [1.82, 2.24) is 0 Å². The normalized spacial score (nSPS) is 13.9. The van der Waals surface area contributed by atoms with Gasteiger partial charge in [-0.25, -0.2) is 0 Å². The van der Waals surface area contributed by atoms with Crippen LogP contribution in [0.2, 0.25) is 5.02 Å². The lowest BCUT2D eigenvalue weighted by atomic mass is 10.2. The second-order valence-corrected chi connectivity index (χ2v) is 11.1. The molecule has 1 N–H and O–H groups in total. The second-order valence-electron chi connectivity index (χ2n) is 8.64. The summed E-state index contributed by atoms with van der Waals surface area (Å²) in [5.41, 5.74) is 5.38. The molecule has 6 rings (SSSR count). The SMILES string of the molecule is Clc1ccc2c(c1)SC(c1ccc(OOc3ccc(N(c4ccccc4)c4ccccc4)cc3)c(Br)c1)N2. The van der Waals surface area contributed by atoms with E-state index in [2.05, 4.69) is 50.4 Å². The maximum absolute atomic E-state index is 6.15. The van der Waals surface area contributed by atoms with Crippen LogP contribution in [-0.4, -0.2) is 0 Å². The van der Waals surface area contributed by atoms with Gasteiger partial charge >= 0.3 is 0 Å². The Morgan fingerprint density at radius 2 is 1.37 bits per heavy atom. The summed E-state index contributed by atoms with van der Waals surface area (Å²) >= 11 is 11.5. The summed E-state index contributed by atoms with van der Waals surface area (Å²) in [6.07, 6.45) is 0. The summed E-state index contributed by atoms with van der Waals surface area (Å²) < 4.78 is 0.808. The van der Waals surface area contributed by atoms with Gasteiger partial charge in [0, 0.05) is 32.7 Å². The van der Waals surface area contributed by atoms with E-state index in [9.17, 15) is 0 Å². The molecule has 1 aliphatic rings. The van der Waals surface area contributed by atoms with Crippen LogP contribution in [0.15, 0.2) is 131 Å². The molecule has 5 aromatic rings. The molecule has 0 spiro atoms. The Morgan fingerprint density at radius 3 is 2.03 bits per heavy atom. The lowest BCUT2D eigenvalue weighted by molar-refractivity contribution is -0.101. The number of nitrogens with one attached hydrogen (secondary N) is 1. The molecule has 1 atom stereocenters. The number of anilines is 4. The van der Waals surface area contributed by atoms with E-state index in [1.807, 2.05) is 97.1 Å². The minimum atomic E-state index is 0.0967. The van der Waals surface area contributed by atoms with E-state index in [0.29, 0.717) is 11.5 Å². The smallest absolute Gasteiger partial charge is 0.192 e. The number of nitrogens with zero attached hydrogens (tertiary/aromatic N) is 1. The van der Waals surface area contributed by atoms with Gasteiger partial charge in [-0.1, -0.05) is 65.8 Å². The van der Waals surface area contributed by atoms with Gasteiger partial charge in [-0.2, -0.15) is 0 Å². The number of rotatable bonds is 7. The highest BCUT2D eigenvalue weighted by molar-refractivity contribution is 9.10. The number of halogens is 2. The average Bonchev–Trinajstić information content (AvgIpc) is 3.38. The molecule has 188 valence electrons. The molecule has 0 bridgehead atoms. The molecular formula is C31H22BrClN2O2S. The number of hydrogen-bond acceptors (Lipinski definition) is 5. The number of hydrogen-bond donors (Lipinski definition) is 1. The number of fused-ring (bicyclic) bond motifs is 1. The lowest BCUT2D eigenvalue weighted by Gasteiger charge is -2.25. The molecule has 0 aromatic heterocycles. The Kier molecular flexibility index (Phi) is 7.18. The third-order valence-electron chi connectivity index (χ3n) is 6.09. The summed E-state index contributed by atoms with van der Waals surface area (Å²) in [5.74, 6) is 1.20. The van der Waals surface area contributed by atoms with E-state index in [1.165, 1.54) is 0 Å². The van der Waals surface area contributed by atoms with Crippen molar-refractivity contribution in [2.24, 2.45) is 0 Å². The fraction of sp³-hybridized carbons (Fsp3) is 0.0323. The Labute approximate surface area is 239 Å². The van der Waals surface area contributed by atoms with Gasteiger partial charge in [0.15, 0.2) is 11.5 Å². The highest BCUT2D eigenvalue weighted by Gasteiger charge is 2.24. The molecule has 0 aliphatic carbocycles. The summed E-state index contributed by atoms with van der Waals surface area (Å²) in [4.78, 5) is 14.7. The van der Waals surface area contributed by atoms with Crippen LogP contribution >= 0.6 is 39.3 Å². The van der Waals surface area contributed by atoms with Crippen molar-refractivity contribution in [3.63, 3.8) is 0 Å². The van der Waals surface area contributed by atoms with Crippen molar-refractivity contribution in [2.45, 2.75) is 10.3 Å². The molecule has 1 aliphatic heterocycles. The van der Waals surface area contributed by atoms with Crippen molar-refractivity contribution < 1.29 is 9.78 Å². The number of thioether (sulfide) groups is 1. The van der Waals surface area contributed by atoms with Crippen LogP contribution in [0.5, 0.6) is 11.5 Å². The van der Waals surface area contributed by atoms with Crippen molar-refractivity contribution in [1.29, 1.82) is 0 Å². The quantitative estimate of drug-likeness (QED) is 0.148. The van der Waals surface area contributed by atoms with Gasteiger partial charge in [0.05, 0.1) is 4.47 Å². The first-order valence-corrected chi connectivity index (χ1v) is 14.1. The predicted molar refractivity (Wildman–Crippen MR) is 160 cm³/mol. The number of benzene rings is 5. The van der Waals surface area contributed by atoms with E-state index < -0.39 is 0 Å². The minimum absolute atomic E-state index is 0.0967. The average molecular weight is 602 g/mol. The van der Waals surface area contributed by atoms with E-state index in [0.717, 1.165) is 42.7 Å². The van der Waals surface area contributed by atoms with Gasteiger partial charge in [-0.3, -0.25) is 9.78 Å². The third-order valence-corrected chi connectivity index (χ3v) is 8.16. The predicted octanol–water partition coefficient (Wildman–Crippen LogP) is 10.2. The van der Waals surface area contributed by atoms with Gasteiger partial charge in [0.25, 0.3) is 0 Å². The monoisotopic (exact) mass is 600 g/mol. The Hall–Kier alpha value is -3.58. The molecule has 1 heterocycles. The molecular weight excluding hydrogens is 580 g/mol. The Balaban J connectivity index is 1.14. The maximum Gasteiger partial charge on any atom is 0.192 e. The highest BCUT2D eigenvalue weighted by atomic mass is 79.9. The van der Waals surface area contributed by atoms with Crippen LogP contribution in [-0.2, 0) is 0 Å². The Bertz CT molecular complexity index is 1510. The van der Waals surface area contributed by atoms with E-state index in [4.69, 9.17) is 21.4 Å². The van der Waals surface area contributed by atoms with E-state index in [-0.39, 0.29) is 5.37 Å². The molecule has 0 saturated carbocycles. The van der Waals surface area contributed by atoms with Crippen molar-refractivity contribution in [3.8, 4) is 11.5 Å². The van der Waals surface area contributed by atoms with Crippen molar-refractivity contribution >= 4 is 62.0 Å². The van der Waals surface area contributed by atoms with Gasteiger partial charge < -0.3 is 10.2 Å². The van der Waals surface area contributed by atoms with Crippen molar-refractivity contribution in [2.75, 3.05) is 10.2 Å². The van der Waals surface area contributed by atoms with Gasteiger partial charge in [-0.05, 0) is 100 Å². The highest BCUT2D eigenvalue weighted by Crippen LogP contribution is 2.48. The summed E-state index contributed by atoms with van der Waals surface area (Å²) in [6, 6.07) is 40.3. The maximum atomic E-state index is 6.15. The zero-order chi connectivity index (χ0) is 25.9. The van der Waals surface area contributed by atoms with Crippen LogP contribution in [0.25, 0.3) is 0 Å². The summed E-state index contributed by atoms with van der Waals surface area (Å²) in [7, 11) is 0. The van der Waals surface area contributed by atoms with Crippen molar-refractivity contribution in [3.05, 3.63) is 136 Å². The first-order chi connectivity index (χ1) is 18.6. The van der Waals surface area contributed by atoms with Crippen LogP contribution in [0.4, 0.5) is 22.7 Å². The molecule has 0 saturated heterocycles. The van der Waals surface area contributed by atoms with Crippen LogP contribution in [0, 0.1) is 0 Å². The molecule has 1 unspecified atom stereocenters. The van der Waals surface area contributed by atoms with E-state index >= 15 is 0 Å². The number of para-hydroxylation sites is 2. The standard InChI is InChI=1S/C31H22BrClN2O2S/c32-27-19-21(31-34-28-17-12-22(33)20-30(28)38-31)11-18-29(27)37-36-26-15-13-25(14-16-26)35(23-7-3-1-4-8-23)24-9-5-2-6-10-24/h1-20,31,34H. The van der Waals surface area contributed by atoms with Crippen LogP contribution in [0.1, 0.15) is 10.9 Å². The third kappa shape index (κ3) is 5.34. The van der Waals surface area contributed by atoms with Crippen LogP contribution < -0.4 is 20.0 Å². The molecule has 7 heteroatoms. The Morgan fingerprint density at radius 1 is 0.711 bits per heavy atom. The fourth-order valence-corrected chi connectivity index (χ4v) is 6.13. The largest absolute Gasteiger partial charge is 0.368 e. The fourth-order valence-electron chi connectivity index (χ4n) is 4.25. The molecule has 5 aromatic carbocycles.